The van der Waals surface area contributed by atoms with Gasteiger partial charge in [0.05, 0.1) is 5.69 Å². The number of aliphatic hydroxyl groups excluding tert-OH is 1. The van der Waals surface area contributed by atoms with Crippen molar-refractivity contribution in [3.63, 3.8) is 0 Å². The minimum absolute atomic E-state index is 0.108. The third-order valence-corrected chi connectivity index (χ3v) is 5.48. The summed E-state index contributed by atoms with van der Waals surface area (Å²) in [6, 6.07) is 15.7. The lowest BCUT2D eigenvalue weighted by atomic mass is 10.1. The van der Waals surface area contributed by atoms with Gasteiger partial charge in [0.15, 0.2) is 0 Å². The smallest absolute Gasteiger partial charge is 0.214 e. The molecule has 160 valence electrons. The van der Waals surface area contributed by atoms with Gasteiger partial charge in [-0.1, -0.05) is 79.1 Å². The fourth-order valence-electron chi connectivity index (χ4n) is 2.73. The van der Waals surface area contributed by atoms with Crippen molar-refractivity contribution >= 4 is 40.9 Å². The molecule has 3 aromatic rings. The molecule has 3 rings (SSSR count). The number of aliphatic hydroxyl groups is 1. The van der Waals surface area contributed by atoms with Crippen molar-refractivity contribution < 1.29 is 9.90 Å². The predicted molar refractivity (Wildman–Crippen MR) is 123 cm³/mol. The van der Waals surface area contributed by atoms with Crippen molar-refractivity contribution in [3.8, 4) is 0 Å². The van der Waals surface area contributed by atoms with Crippen LogP contribution < -0.4 is 5.73 Å². The normalized spacial score (nSPS) is 10.6. The van der Waals surface area contributed by atoms with E-state index in [0.717, 1.165) is 21.2 Å². The fraction of sp³-hybridized carbons (Fsp3) is 0.273. The number of amides is 1. The van der Waals surface area contributed by atoms with E-state index in [9.17, 15) is 9.90 Å². The maximum Gasteiger partial charge on any atom is 0.214 e. The van der Waals surface area contributed by atoms with Gasteiger partial charge in [-0.3, -0.25) is 4.79 Å². The number of rotatable bonds is 6. The summed E-state index contributed by atoms with van der Waals surface area (Å²) in [5.41, 5.74) is 6.59. The van der Waals surface area contributed by atoms with E-state index in [4.69, 9.17) is 28.2 Å². The van der Waals surface area contributed by atoms with Gasteiger partial charge in [-0.15, -0.1) is 0 Å². The topological polar surface area (TPSA) is 81.1 Å². The molecular formula is C22H25Cl2N3O2S. The number of nitrogens with zero attached hydrogens (tertiary/aromatic N) is 2. The summed E-state index contributed by atoms with van der Waals surface area (Å²) >= 11 is 13.9. The van der Waals surface area contributed by atoms with Gasteiger partial charge in [0.25, 0.3) is 0 Å². The fourth-order valence-corrected chi connectivity index (χ4v) is 4.65. The number of halogens is 2. The Bertz CT molecular complexity index is 967. The van der Waals surface area contributed by atoms with Crippen LogP contribution in [-0.4, -0.2) is 20.6 Å². The number of imidazole rings is 1. The van der Waals surface area contributed by atoms with Crippen molar-refractivity contribution in [2.24, 2.45) is 5.73 Å². The van der Waals surface area contributed by atoms with Gasteiger partial charge in [-0.05, 0) is 29.7 Å². The molecule has 30 heavy (non-hydrogen) atoms. The minimum atomic E-state index is -0.333. The molecule has 0 spiro atoms. The SMILES string of the molecule is CC(C)c1nc(CO)n(Cc2ccccc2)c1Sc1cc(Cl)cc(Cl)c1.CC(N)=O. The van der Waals surface area contributed by atoms with Crippen LogP contribution in [0.3, 0.4) is 0 Å². The van der Waals surface area contributed by atoms with Gasteiger partial charge < -0.3 is 15.4 Å². The van der Waals surface area contributed by atoms with Crippen LogP contribution in [0.1, 0.15) is 43.8 Å². The van der Waals surface area contributed by atoms with E-state index >= 15 is 0 Å². The van der Waals surface area contributed by atoms with Crippen molar-refractivity contribution in [3.05, 3.63) is 75.7 Å². The lowest BCUT2D eigenvalue weighted by Gasteiger charge is -2.13. The Morgan fingerprint density at radius 1 is 1.17 bits per heavy atom. The third-order valence-electron chi connectivity index (χ3n) is 3.95. The van der Waals surface area contributed by atoms with Crippen LogP contribution in [0.5, 0.6) is 0 Å². The van der Waals surface area contributed by atoms with Crippen molar-refractivity contribution in [2.45, 2.75) is 49.8 Å². The largest absolute Gasteiger partial charge is 0.388 e. The Morgan fingerprint density at radius 3 is 2.23 bits per heavy atom. The Kier molecular flexibility index (Phi) is 9.24. The highest BCUT2D eigenvalue weighted by Crippen LogP contribution is 2.37. The Hall–Kier alpha value is -1.99. The maximum absolute atomic E-state index is 9.84. The first-order valence-electron chi connectivity index (χ1n) is 9.35. The number of benzene rings is 2. The summed E-state index contributed by atoms with van der Waals surface area (Å²) < 4.78 is 2.07. The molecule has 1 aromatic heterocycles. The summed E-state index contributed by atoms with van der Waals surface area (Å²) in [5.74, 6) is 0.558. The van der Waals surface area contributed by atoms with E-state index in [-0.39, 0.29) is 18.4 Å². The highest BCUT2D eigenvalue weighted by molar-refractivity contribution is 7.99. The number of carbonyl (C=O) groups is 1. The zero-order valence-corrected chi connectivity index (χ0v) is 19.4. The van der Waals surface area contributed by atoms with Gasteiger partial charge >= 0.3 is 0 Å². The molecule has 3 N–H and O–H groups in total. The first-order valence-corrected chi connectivity index (χ1v) is 10.9. The van der Waals surface area contributed by atoms with Crippen LogP contribution in [-0.2, 0) is 17.9 Å². The van der Waals surface area contributed by atoms with E-state index in [1.54, 1.807) is 17.8 Å². The van der Waals surface area contributed by atoms with Gasteiger partial charge in [0.1, 0.15) is 17.5 Å². The first kappa shape index (κ1) is 24.3. The van der Waals surface area contributed by atoms with Crippen LogP contribution in [0.2, 0.25) is 10.0 Å². The molecule has 0 bridgehead atoms. The molecule has 2 aromatic carbocycles. The summed E-state index contributed by atoms with van der Waals surface area (Å²) in [4.78, 5) is 14.9. The van der Waals surface area contributed by atoms with Crippen molar-refractivity contribution in [1.82, 2.24) is 9.55 Å². The Balaban J connectivity index is 0.000000735. The number of nitrogens with two attached hydrogens (primary N) is 1. The van der Waals surface area contributed by atoms with Crippen LogP contribution in [0.4, 0.5) is 0 Å². The lowest BCUT2D eigenvalue weighted by Crippen LogP contribution is -2.06. The molecule has 0 aliphatic rings. The van der Waals surface area contributed by atoms with Gasteiger partial charge in [-0.25, -0.2) is 4.98 Å². The number of carbonyl (C=O) groups excluding carboxylic acids is 1. The van der Waals surface area contributed by atoms with E-state index < -0.39 is 0 Å². The predicted octanol–water partition coefficient (Wildman–Crippen LogP) is 5.50. The Labute approximate surface area is 191 Å². The number of hydrogen-bond acceptors (Lipinski definition) is 4. The van der Waals surface area contributed by atoms with Gasteiger partial charge in [-0.2, -0.15) is 0 Å². The molecular weight excluding hydrogens is 441 g/mol. The van der Waals surface area contributed by atoms with E-state index in [2.05, 4.69) is 36.3 Å². The number of primary amides is 1. The number of hydrogen-bond donors (Lipinski definition) is 2. The second-order valence-corrected chi connectivity index (χ2v) is 8.86. The molecule has 0 saturated carbocycles. The molecule has 0 saturated heterocycles. The monoisotopic (exact) mass is 465 g/mol. The van der Waals surface area contributed by atoms with Crippen molar-refractivity contribution in [1.29, 1.82) is 0 Å². The second-order valence-electron chi connectivity index (χ2n) is 6.92. The molecule has 0 atom stereocenters. The molecule has 0 unspecified atom stereocenters. The maximum atomic E-state index is 9.84. The second kappa shape index (κ2) is 11.4. The average Bonchev–Trinajstić information content (AvgIpc) is 2.99. The first-order chi connectivity index (χ1) is 14.2. The Morgan fingerprint density at radius 2 is 1.73 bits per heavy atom. The van der Waals surface area contributed by atoms with Crippen LogP contribution in [0, 0.1) is 0 Å². The highest BCUT2D eigenvalue weighted by atomic mass is 35.5. The average molecular weight is 466 g/mol. The molecule has 0 aliphatic heterocycles. The van der Waals surface area contributed by atoms with Gasteiger partial charge in [0.2, 0.25) is 5.91 Å². The van der Waals surface area contributed by atoms with Crippen LogP contribution in [0.25, 0.3) is 0 Å². The van der Waals surface area contributed by atoms with E-state index in [1.165, 1.54) is 6.92 Å². The summed E-state index contributed by atoms with van der Waals surface area (Å²) in [6.45, 7) is 6.05. The molecule has 0 fully saturated rings. The van der Waals surface area contributed by atoms with Crippen LogP contribution in [0.15, 0.2) is 58.5 Å². The number of aromatic nitrogens is 2. The quantitative estimate of drug-likeness (QED) is 0.503. The van der Waals surface area contributed by atoms with Crippen LogP contribution >= 0.6 is 35.0 Å². The lowest BCUT2D eigenvalue weighted by molar-refractivity contribution is -0.115. The summed E-state index contributed by atoms with van der Waals surface area (Å²) in [7, 11) is 0. The zero-order chi connectivity index (χ0) is 22.3. The van der Waals surface area contributed by atoms with E-state index in [0.29, 0.717) is 22.4 Å². The van der Waals surface area contributed by atoms with E-state index in [1.807, 2.05) is 30.3 Å². The zero-order valence-electron chi connectivity index (χ0n) is 17.1. The standard InChI is InChI=1S/C20H20Cl2N2OS.C2H5NO/c1-13(2)19-20(26-17-9-15(21)8-16(22)10-17)24(18(12-25)23-19)11-14-6-4-3-5-7-14;1-2(3)4/h3-10,13,25H,11-12H2,1-2H3;1H3,(H2,3,4). The van der Waals surface area contributed by atoms with Gasteiger partial charge in [0, 0.05) is 28.4 Å². The highest BCUT2D eigenvalue weighted by Gasteiger charge is 2.20. The van der Waals surface area contributed by atoms with Crippen molar-refractivity contribution in [2.75, 3.05) is 0 Å². The molecule has 0 radical (unpaired) electrons. The third kappa shape index (κ3) is 7.06. The molecule has 1 amide bonds. The molecule has 5 nitrogen and oxygen atoms in total. The summed E-state index contributed by atoms with van der Waals surface area (Å²) in [6.07, 6.45) is 0. The molecule has 8 heteroatoms. The molecule has 1 heterocycles. The molecule has 0 aliphatic carbocycles. The summed E-state index contributed by atoms with van der Waals surface area (Å²) in [5, 5.41) is 12.0. The minimum Gasteiger partial charge on any atom is -0.388 e.